The van der Waals surface area contributed by atoms with E-state index in [1.165, 1.54) is 19.3 Å². The van der Waals surface area contributed by atoms with E-state index < -0.39 is 0 Å². The van der Waals surface area contributed by atoms with Crippen LogP contribution in [0.2, 0.25) is 0 Å². The van der Waals surface area contributed by atoms with E-state index in [-0.39, 0.29) is 0 Å². The van der Waals surface area contributed by atoms with Gasteiger partial charge in [0.15, 0.2) is 0 Å². The normalized spacial score (nSPS) is 38.2. The molecule has 0 amide bonds. The summed E-state index contributed by atoms with van der Waals surface area (Å²) in [4.78, 5) is 0. The first kappa shape index (κ1) is 6.09. The molecular formula is C7H14O. The zero-order chi connectivity index (χ0) is 5.98. The van der Waals surface area contributed by atoms with Gasteiger partial charge >= 0.3 is 0 Å². The predicted molar refractivity (Wildman–Crippen MR) is 33.6 cm³/mol. The Morgan fingerprint density at radius 3 is 2.50 bits per heavy atom. The Hall–Kier alpha value is -0.0400. The van der Waals surface area contributed by atoms with Gasteiger partial charge in [-0.05, 0) is 24.7 Å². The molecule has 1 aliphatic rings. The molecule has 0 spiro atoms. The van der Waals surface area contributed by atoms with Gasteiger partial charge in [-0.1, -0.05) is 13.3 Å². The maximum atomic E-state index is 8.68. The first-order valence-electron chi connectivity index (χ1n) is 3.43. The number of hydrogen-bond donors (Lipinski definition) is 1. The highest BCUT2D eigenvalue weighted by Gasteiger charge is 2.19. The zero-order valence-electron chi connectivity index (χ0n) is 5.43. The van der Waals surface area contributed by atoms with Gasteiger partial charge in [0.2, 0.25) is 0 Å². The van der Waals surface area contributed by atoms with Gasteiger partial charge in [0.25, 0.3) is 0 Å². The van der Waals surface area contributed by atoms with Crippen LogP contribution in [0.5, 0.6) is 0 Å². The summed E-state index contributed by atoms with van der Waals surface area (Å²) in [5.74, 6) is 1.50. The minimum Gasteiger partial charge on any atom is -0.396 e. The van der Waals surface area contributed by atoms with E-state index in [1.807, 2.05) is 0 Å². The fourth-order valence-electron chi connectivity index (χ4n) is 1.49. The van der Waals surface area contributed by atoms with Crippen molar-refractivity contribution >= 4 is 0 Å². The van der Waals surface area contributed by atoms with Crippen LogP contribution in [0.1, 0.15) is 26.2 Å². The van der Waals surface area contributed by atoms with Crippen molar-refractivity contribution in [1.82, 2.24) is 0 Å². The van der Waals surface area contributed by atoms with Crippen molar-refractivity contribution in [3.05, 3.63) is 0 Å². The molecule has 1 heteroatoms. The van der Waals surface area contributed by atoms with E-state index >= 15 is 0 Å². The lowest BCUT2D eigenvalue weighted by Gasteiger charge is -2.01. The summed E-state index contributed by atoms with van der Waals surface area (Å²) < 4.78 is 0. The largest absolute Gasteiger partial charge is 0.396 e. The predicted octanol–water partition coefficient (Wildman–Crippen LogP) is 1.41. The van der Waals surface area contributed by atoms with Crippen molar-refractivity contribution in [2.75, 3.05) is 6.61 Å². The van der Waals surface area contributed by atoms with Gasteiger partial charge in [0.1, 0.15) is 0 Å². The molecule has 1 nitrogen and oxygen atoms in total. The highest BCUT2D eigenvalue weighted by Crippen LogP contribution is 2.29. The maximum Gasteiger partial charge on any atom is 0.0459 e. The van der Waals surface area contributed by atoms with Crippen LogP contribution in [0.25, 0.3) is 0 Å². The molecule has 1 N–H and O–H groups in total. The molecule has 0 heterocycles. The van der Waals surface area contributed by atoms with Gasteiger partial charge in [-0.3, -0.25) is 0 Å². The second kappa shape index (κ2) is 2.49. The van der Waals surface area contributed by atoms with E-state index in [1.54, 1.807) is 0 Å². The highest BCUT2D eigenvalue weighted by molar-refractivity contribution is 4.71. The molecule has 0 radical (unpaired) electrons. The molecule has 1 aliphatic carbocycles. The van der Waals surface area contributed by atoms with Gasteiger partial charge in [0.05, 0.1) is 0 Å². The number of rotatable bonds is 1. The van der Waals surface area contributed by atoms with Crippen molar-refractivity contribution in [1.29, 1.82) is 0 Å². The Balaban J connectivity index is 2.22. The van der Waals surface area contributed by atoms with Crippen LogP contribution in [0, 0.1) is 11.8 Å². The van der Waals surface area contributed by atoms with Gasteiger partial charge in [0, 0.05) is 6.61 Å². The molecule has 0 bridgehead atoms. The van der Waals surface area contributed by atoms with Crippen LogP contribution in [-0.4, -0.2) is 11.7 Å². The van der Waals surface area contributed by atoms with Crippen molar-refractivity contribution in [2.24, 2.45) is 11.8 Å². The standard InChI is InChI=1S/C7H14O/c1-6-2-3-7(4-6)5-8/h6-8H,2-5H2,1H3/t6?,7-/m1/s1. The fraction of sp³-hybridized carbons (Fsp3) is 1.00. The van der Waals surface area contributed by atoms with E-state index in [9.17, 15) is 0 Å². The van der Waals surface area contributed by atoms with Gasteiger partial charge in [-0.25, -0.2) is 0 Å². The molecule has 1 saturated carbocycles. The third kappa shape index (κ3) is 1.22. The van der Waals surface area contributed by atoms with E-state index in [2.05, 4.69) is 6.92 Å². The molecule has 0 aromatic heterocycles. The molecule has 1 fully saturated rings. The smallest absolute Gasteiger partial charge is 0.0459 e. The van der Waals surface area contributed by atoms with Gasteiger partial charge in [-0.15, -0.1) is 0 Å². The average molecular weight is 114 g/mol. The first-order valence-corrected chi connectivity index (χ1v) is 3.43. The van der Waals surface area contributed by atoms with Crippen LogP contribution in [0.4, 0.5) is 0 Å². The van der Waals surface area contributed by atoms with Gasteiger partial charge < -0.3 is 5.11 Å². The van der Waals surface area contributed by atoms with Gasteiger partial charge in [-0.2, -0.15) is 0 Å². The quantitative estimate of drug-likeness (QED) is 0.546. The maximum absolute atomic E-state index is 8.68. The molecule has 8 heavy (non-hydrogen) atoms. The number of aliphatic hydroxyl groups excluding tert-OH is 1. The number of hydrogen-bond acceptors (Lipinski definition) is 1. The van der Waals surface area contributed by atoms with Crippen LogP contribution in [0.15, 0.2) is 0 Å². The average Bonchev–Trinajstić information content (AvgIpc) is 2.14. The minimum atomic E-state index is 0.407. The van der Waals surface area contributed by atoms with E-state index in [0.717, 1.165) is 5.92 Å². The summed E-state index contributed by atoms with van der Waals surface area (Å²) in [6.45, 7) is 2.67. The Bertz CT molecular complexity index is 70.8. The summed E-state index contributed by atoms with van der Waals surface area (Å²) >= 11 is 0. The summed E-state index contributed by atoms with van der Waals surface area (Å²) in [5.41, 5.74) is 0. The lowest BCUT2D eigenvalue weighted by atomic mass is 10.1. The molecule has 0 aliphatic heterocycles. The Morgan fingerprint density at radius 2 is 2.25 bits per heavy atom. The molecule has 1 rings (SSSR count). The molecule has 0 aromatic rings. The molecule has 1 unspecified atom stereocenters. The molecule has 2 atom stereocenters. The molecule has 0 aromatic carbocycles. The zero-order valence-corrected chi connectivity index (χ0v) is 5.43. The third-order valence-corrected chi connectivity index (χ3v) is 2.06. The van der Waals surface area contributed by atoms with E-state index in [0.29, 0.717) is 12.5 Å². The van der Waals surface area contributed by atoms with E-state index in [4.69, 9.17) is 5.11 Å². The van der Waals surface area contributed by atoms with Crippen molar-refractivity contribution in [2.45, 2.75) is 26.2 Å². The second-order valence-electron chi connectivity index (χ2n) is 2.97. The second-order valence-corrected chi connectivity index (χ2v) is 2.97. The van der Waals surface area contributed by atoms with Crippen LogP contribution in [0.3, 0.4) is 0 Å². The summed E-state index contributed by atoms with van der Waals surface area (Å²) in [6.07, 6.45) is 3.82. The van der Waals surface area contributed by atoms with Crippen LogP contribution < -0.4 is 0 Å². The van der Waals surface area contributed by atoms with Crippen LogP contribution in [-0.2, 0) is 0 Å². The van der Waals surface area contributed by atoms with Crippen molar-refractivity contribution < 1.29 is 5.11 Å². The molecule has 48 valence electrons. The first-order chi connectivity index (χ1) is 3.83. The summed E-state index contributed by atoms with van der Waals surface area (Å²) in [7, 11) is 0. The SMILES string of the molecule is CC1CC[C@@H](CO)C1. The Labute approximate surface area is 50.7 Å². The monoisotopic (exact) mass is 114 g/mol. The third-order valence-electron chi connectivity index (χ3n) is 2.06. The van der Waals surface area contributed by atoms with Crippen molar-refractivity contribution in [3.63, 3.8) is 0 Å². The molecule has 0 saturated heterocycles. The summed E-state index contributed by atoms with van der Waals surface area (Å²) in [6, 6.07) is 0. The topological polar surface area (TPSA) is 20.2 Å². The van der Waals surface area contributed by atoms with Crippen LogP contribution >= 0.6 is 0 Å². The fourth-order valence-corrected chi connectivity index (χ4v) is 1.49. The minimum absolute atomic E-state index is 0.407. The lowest BCUT2D eigenvalue weighted by Crippen LogP contribution is -1.99. The lowest BCUT2D eigenvalue weighted by molar-refractivity contribution is 0.227. The summed E-state index contributed by atoms with van der Waals surface area (Å²) in [5, 5.41) is 8.68. The highest BCUT2D eigenvalue weighted by atomic mass is 16.3. The number of aliphatic hydroxyl groups is 1. The Kier molecular flexibility index (Phi) is 1.90. The molecular weight excluding hydrogens is 100 g/mol. The Morgan fingerprint density at radius 1 is 1.50 bits per heavy atom. The van der Waals surface area contributed by atoms with Crippen molar-refractivity contribution in [3.8, 4) is 0 Å².